The molecule has 0 saturated heterocycles. The van der Waals surface area contributed by atoms with Crippen LogP contribution in [0.1, 0.15) is 43.2 Å². The number of hydrogen-bond donors (Lipinski definition) is 1. The van der Waals surface area contributed by atoms with Gasteiger partial charge in [-0.05, 0) is 42.9 Å². The van der Waals surface area contributed by atoms with E-state index in [-0.39, 0.29) is 5.91 Å². The lowest BCUT2D eigenvalue weighted by Gasteiger charge is -2.13. The highest BCUT2D eigenvalue weighted by Crippen LogP contribution is 2.28. The van der Waals surface area contributed by atoms with Crippen LogP contribution in [0.15, 0.2) is 18.2 Å². The third-order valence-electron chi connectivity index (χ3n) is 4.03. The maximum absolute atomic E-state index is 12.1. The van der Waals surface area contributed by atoms with Crippen molar-refractivity contribution in [1.82, 2.24) is 0 Å². The minimum atomic E-state index is -0.864. The highest BCUT2D eigenvalue weighted by Gasteiger charge is 2.19. The van der Waals surface area contributed by atoms with Crippen molar-refractivity contribution in [2.24, 2.45) is 5.92 Å². The van der Waals surface area contributed by atoms with E-state index in [1.54, 1.807) is 6.26 Å². The normalized spacial score (nSPS) is 17.1. The molecular formula is C16H23NO2S. The summed E-state index contributed by atoms with van der Waals surface area (Å²) in [5.74, 6) is 1.20. The van der Waals surface area contributed by atoms with Crippen LogP contribution in [0.2, 0.25) is 0 Å². The fraction of sp³-hybridized carbons (Fsp3) is 0.562. The quantitative estimate of drug-likeness (QED) is 0.904. The lowest BCUT2D eigenvalue weighted by atomic mass is 10.0. The van der Waals surface area contributed by atoms with Gasteiger partial charge in [0.2, 0.25) is 5.91 Å². The number of carbonyl (C=O) groups excluding carboxylic acids is 1. The molecule has 0 radical (unpaired) electrons. The zero-order chi connectivity index (χ0) is 14.5. The Hall–Kier alpha value is -1.16. The fourth-order valence-corrected chi connectivity index (χ4v) is 3.62. The summed E-state index contributed by atoms with van der Waals surface area (Å²) < 4.78 is 11.4. The SMILES string of the molecule is Cc1c(CS(C)=O)cccc1NC(=O)CC1CCCC1. The van der Waals surface area contributed by atoms with E-state index < -0.39 is 10.8 Å². The minimum absolute atomic E-state index is 0.106. The van der Waals surface area contributed by atoms with E-state index in [4.69, 9.17) is 0 Å². The molecule has 3 nitrogen and oxygen atoms in total. The van der Waals surface area contributed by atoms with Crippen LogP contribution in [0.5, 0.6) is 0 Å². The summed E-state index contributed by atoms with van der Waals surface area (Å²) in [7, 11) is -0.864. The summed E-state index contributed by atoms with van der Waals surface area (Å²) in [5.41, 5.74) is 2.93. The zero-order valence-electron chi connectivity index (χ0n) is 12.3. The molecule has 1 amide bonds. The first-order chi connectivity index (χ1) is 9.56. The lowest BCUT2D eigenvalue weighted by Crippen LogP contribution is -2.16. The van der Waals surface area contributed by atoms with Crippen molar-refractivity contribution < 1.29 is 9.00 Å². The van der Waals surface area contributed by atoms with E-state index in [0.29, 0.717) is 18.1 Å². The number of rotatable bonds is 5. The van der Waals surface area contributed by atoms with Crippen LogP contribution < -0.4 is 5.32 Å². The van der Waals surface area contributed by atoms with Crippen LogP contribution in [-0.4, -0.2) is 16.4 Å². The third kappa shape index (κ3) is 4.17. The predicted molar refractivity (Wildman–Crippen MR) is 84.2 cm³/mol. The van der Waals surface area contributed by atoms with Crippen molar-refractivity contribution in [1.29, 1.82) is 0 Å². The standard InChI is InChI=1S/C16H23NO2S/c1-12-14(11-20(2)19)8-5-9-15(12)17-16(18)10-13-6-3-4-7-13/h5,8-9,13H,3-4,6-7,10-11H2,1-2H3,(H,17,18). The van der Waals surface area contributed by atoms with E-state index in [1.807, 2.05) is 25.1 Å². The van der Waals surface area contributed by atoms with Crippen molar-refractivity contribution in [2.75, 3.05) is 11.6 Å². The van der Waals surface area contributed by atoms with Crippen LogP contribution >= 0.6 is 0 Å². The molecule has 1 unspecified atom stereocenters. The van der Waals surface area contributed by atoms with Gasteiger partial charge in [0.25, 0.3) is 0 Å². The summed E-state index contributed by atoms with van der Waals surface area (Å²) in [4.78, 5) is 12.1. The summed E-state index contributed by atoms with van der Waals surface area (Å²) in [5, 5.41) is 3.01. The van der Waals surface area contributed by atoms with Crippen LogP contribution in [0.25, 0.3) is 0 Å². The highest BCUT2D eigenvalue weighted by atomic mass is 32.2. The number of hydrogen-bond acceptors (Lipinski definition) is 2. The van der Waals surface area contributed by atoms with Gasteiger partial charge in [0.05, 0.1) is 0 Å². The van der Waals surface area contributed by atoms with E-state index in [2.05, 4.69) is 5.32 Å². The van der Waals surface area contributed by atoms with Gasteiger partial charge in [0, 0.05) is 34.9 Å². The Morgan fingerprint density at radius 3 is 2.70 bits per heavy atom. The Balaban J connectivity index is 2.01. The molecule has 1 aliphatic carbocycles. The van der Waals surface area contributed by atoms with Gasteiger partial charge in [-0.25, -0.2) is 0 Å². The zero-order valence-corrected chi connectivity index (χ0v) is 13.1. The van der Waals surface area contributed by atoms with E-state index in [1.165, 1.54) is 25.7 Å². The molecule has 0 spiro atoms. The Bertz CT molecular complexity index is 507. The summed E-state index contributed by atoms with van der Waals surface area (Å²) in [6.07, 6.45) is 7.21. The number of benzene rings is 1. The van der Waals surface area contributed by atoms with Gasteiger partial charge < -0.3 is 5.32 Å². The van der Waals surface area contributed by atoms with Gasteiger partial charge in [-0.1, -0.05) is 25.0 Å². The number of anilines is 1. The van der Waals surface area contributed by atoms with Crippen molar-refractivity contribution in [2.45, 2.75) is 44.8 Å². The van der Waals surface area contributed by atoms with Gasteiger partial charge in [-0.2, -0.15) is 0 Å². The molecule has 1 aliphatic rings. The average molecular weight is 293 g/mol. The summed E-state index contributed by atoms with van der Waals surface area (Å²) >= 11 is 0. The molecule has 110 valence electrons. The first kappa shape index (κ1) is 15.2. The van der Waals surface area contributed by atoms with E-state index in [0.717, 1.165) is 16.8 Å². The largest absolute Gasteiger partial charge is 0.326 e. The van der Waals surface area contributed by atoms with Crippen LogP contribution in [0, 0.1) is 12.8 Å². The molecule has 1 saturated carbocycles. The second-order valence-corrected chi connectivity index (χ2v) is 7.15. The van der Waals surface area contributed by atoms with Crippen LogP contribution in [0.3, 0.4) is 0 Å². The molecule has 1 aromatic carbocycles. The number of amides is 1. The van der Waals surface area contributed by atoms with Crippen molar-refractivity contribution in [3.8, 4) is 0 Å². The van der Waals surface area contributed by atoms with Gasteiger partial charge in [-0.15, -0.1) is 0 Å². The van der Waals surface area contributed by atoms with Gasteiger partial charge in [0.1, 0.15) is 0 Å². The molecular weight excluding hydrogens is 270 g/mol. The van der Waals surface area contributed by atoms with Gasteiger partial charge >= 0.3 is 0 Å². The van der Waals surface area contributed by atoms with E-state index >= 15 is 0 Å². The molecule has 1 fully saturated rings. The Labute approximate surface area is 123 Å². The summed E-state index contributed by atoms with van der Waals surface area (Å²) in [6.45, 7) is 1.98. The third-order valence-corrected chi connectivity index (χ3v) is 4.75. The lowest BCUT2D eigenvalue weighted by molar-refractivity contribution is -0.117. The monoisotopic (exact) mass is 293 g/mol. The summed E-state index contributed by atoms with van der Waals surface area (Å²) in [6, 6.07) is 5.81. The number of carbonyl (C=O) groups is 1. The number of nitrogens with one attached hydrogen (secondary N) is 1. The molecule has 1 N–H and O–H groups in total. The second kappa shape index (κ2) is 7.02. The molecule has 1 aromatic rings. The first-order valence-electron chi connectivity index (χ1n) is 7.24. The minimum Gasteiger partial charge on any atom is -0.326 e. The molecule has 4 heteroatoms. The predicted octanol–water partition coefficient (Wildman–Crippen LogP) is 3.39. The van der Waals surface area contributed by atoms with Gasteiger partial charge in [-0.3, -0.25) is 9.00 Å². The maximum atomic E-state index is 12.1. The van der Waals surface area contributed by atoms with E-state index in [9.17, 15) is 9.00 Å². The fourth-order valence-electron chi connectivity index (χ4n) is 2.87. The van der Waals surface area contributed by atoms with Crippen molar-refractivity contribution in [3.63, 3.8) is 0 Å². The van der Waals surface area contributed by atoms with Crippen molar-refractivity contribution in [3.05, 3.63) is 29.3 Å². The Morgan fingerprint density at radius 2 is 2.05 bits per heavy atom. The molecule has 2 rings (SSSR count). The average Bonchev–Trinajstić information content (AvgIpc) is 2.86. The highest BCUT2D eigenvalue weighted by molar-refractivity contribution is 7.83. The first-order valence-corrected chi connectivity index (χ1v) is 8.97. The molecule has 1 atom stereocenters. The molecule has 20 heavy (non-hydrogen) atoms. The maximum Gasteiger partial charge on any atom is 0.224 e. The van der Waals surface area contributed by atoms with Crippen molar-refractivity contribution >= 4 is 22.4 Å². The topological polar surface area (TPSA) is 46.2 Å². The van der Waals surface area contributed by atoms with Crippen LogP contribution in [0.4, 0.5) is 5.69 Å². The smallest absolute Gasteiger partial charge is 0.224 e. The molecule has 0 bridgehead atoms. The van der Waals surface area contributed by atoms with Crippen LogP contribution in [-0.2, 0) is 21.3 Å². The Morgan fingerprint density at radius 1 is 1.35 bits per heavy atom. The molecule has 0 heterocycles. The molecule has 0 aromatic heterocycles. The van der Waals surface area contributed by atoms with Gasteiger partial charge in [0.15, 0.2) is 0 Å². The Kier molecular flexibility index (Phi) is 5.35. The second-order valence-electron chi connectivity index (χ2n) is 5.71. The molecule has 0 aliphatic heterocycles.